The Kier molecular flexibility index (Phi) is 3.93. The first-order valence-corrected chi connectivity index (χ1v) is 6.24. The van der Waals surface area contributed by atoms with Gasteiger partial charge >= 0.3 is 12.0 Å². The highest BCUT2D eigenvalue weighted by atomic mass is 16.5. The molecule has 0 aliphatic carbocycles. The average molecular weight is 289 g/mol. The maximum Gasteiger partial charge on any atom is 0.338 e. The number of esters is 1. The molecule has 0 bridgehead atoms. The number of hydrogen-bond acceptors (Lipinski definition) is 4. The summed E-state index contributed by atoms with van der Waals surface area (Å²) in [5.41, 5.74) is 8.10. The van der Waals surface area contributed by atoms with Crippen LogP contribution in [0.25, 0.3) is 10.9 Å². The van der Waals surface area contributed by atoms with Crippen LogP contribution in [0.3, 0.4) is 0 Å². The Balaban J connectivity index is 2.11. The summed E-state index contributed by atoms with van der Waals surface area (Å²) in [6, 6.07) is 4.08. The first kappa shape index (κ1) is 14.6. The van der Waals surface area contributed by atoms with Crippen LogP contribution in [0, 0.1) is 13.8 Å². The summed E-state index contributed by atoms with van der Waals surface area (Å²) >= 11 is 0. The number of ether oxygens (including phenoxy) is 1. The quantitative estimate of drug-likeness (QED) is 0.735. The Morgan fingerprint density at radius 1 is 1.29 bits per heavy atom. The Hall–Kier alpha value is -2.83. The van der Waals surface area contributed by atoms with Crippen molar-refractivity contribution in [3.05, 3.63) is 35.0 Å². The van der Waals surface area contributed by atoms with E-state index in [1.807, 2.05) is 19.2 Å². The number of H-pyrrole nitrogens is 1. The maximum atomic E-state index is 11.9. The van der Waals surface area contributed by atoms with Crippen molar-refractivity contribution in [2.24, 2.45) is 5.73 Å². The van der Waals surface area contributed by atoms with Gasteiger partial charge in [-0.05, 0) is 37.6 Å². The van der Waals surface area contributed by atoms with Gasteiger partial charge in [-0.15, -0.1) is 0 Å². The summed E-state index contributed by atoms with van der Waals surface area (Å²) in [5, 5.41) is 2.73. The normalized spacial score (nSPS) is 10.4. The number of primary amides is 1. The molecule has 0 saturated heterocycles. The van der Waals surface area contributed by atoms with Crippen molar-refractivity contribution in [1.29, 1.82) is 0 Å². The molecule has 3 amide bonds. The lowest BCUT2D eigenvalue weighted by Crippen LogP contribution is -2.37. The zero-order chi connectivity index (χ0) is 15.6. The fourth-order valence-corrected chi connectivity index (χ4v) is 1.98. The smallest absolute Gasteiger partial charge is 0.338 e. The van der Waals surface area contributed by atoms with Crippen LogP contribution >= 0.6 is 0 Å². The van der Waals surface area contributed by atoms with Gasteiger partial charge in [0, 0.05) is 16.6 Å². The molecule has 0 atom stereocenters. The second kappa shape index (κ2) is 5.66. The first-order chi connectivity index (χ1) is 9.88. The van der Waals surface area contributed by atoms with Gasteiger partial charge in [0.15, 0.2) is 6.61 Å². The van der Waals surface area contributed by atoms with Crippen LogP contribution in [0.15, 0.2) is 18.2 Å². The number of carbonyl (C=O) groups is 3. The zero-order valence-corrected chi connectivity index (χ0v) is 11.6. The lowest BCUT2D eigenvalue weighted by molar-refractivity contribution is -0.123. The molecule has 21 heavy (non-hydrogen) atoms. The molecule has 4 N–H and O–H groups in total. The van der Waals surface area contributed by atoms with Crippen LogP contribution in [0.4, 0.5) is 4.79 Å². The molecular formula is C14H15N3O4. The topological polar surface area (TPSA) is 114 Å². The van der Waals surface area contributed by atoms with Gasteiger partial charge < -0.3 is 15.5 Å². The van der Waals surface area contributed by atoms with Crippen LogP contribution in [0.2, 0.25) is 0 Å². The predicted octanol–water partition coefficient (Wildman–Crippen LogP) is 1.14. The van der Waals surface area contributed by atoms with Crippen LogP contribution in [0.5, 0.6) is 0 Å². The van der Waals surface area contributed by atoms with Crippen molar-refractivity contribution in [1.82, 2.24) is 10.3 Å². The summed E-state index contributed by atoms with van der Waals surface area (Å²) < 4.78 is 4.82. The summed E-state index contributed by atoms with van der Waals surface area (Å²) in [4.78, 5) is 36.7. The van der Waals surface area contributed by atoms with Gasteiger partial charge in [0.05, 0.1) is 5.56 Å². The fraction of sp³-hybridized carbons (Fsp3) is 0.214. The molecule has 1 aromatic heterocycles. The molecule has 7 nitrogen and oxygen atoms in total. The van der Waals surface area contributed by atoms with Crippen molar-refractivity contribution in [2.45, 2.75) is 13.8 Å². The number of aromatic nitrogens is 1. The molecule has 2 aromatic rings. The molecule has 0 aliphatic rings. The number of urea groups is 1. The second-order valence-electron chi connectivity index (χ2n) is 4.62. The minimum absolute atomic E-state index is 0.330. The number of hydrogen-bond donors (Lipinski definition) is 3. The number of nitrogens with two attached hydrogens (primary N) is 1. The van der Waals surface area contributed by atoms with Gasteiger partial charge in [-0.2, -0.15) is 0 Å². The van der Waals surface area contributed by atoms with E-state index in [0.29, 0.717) is 5.56 Å². The number of fused-ring (bicyclic) bond motifs is 1. The molecule has 0 radical (unpaired) electrons. The van der Waals surface area contributed by atoms with E-state index in [1.54, 1.807) is 18.2 Å². The molecule has 1 aromatic carbocycles. The van der Waals surface area contributed by atoms with Gasteiger partial charge in [0.25, 0.3) is 5.91 Å². The minimum atomic E-state index is -0.990. The Bertz CT molecular complexity index is 733. The molecule has 0 fully saturated rings. The summed E-state index contributed by atoms with van der Waals surface area (Å²) in [7, 11) is 0. The molecule has 0 spiro atoms. The standard InChI is InChI=1S/C14H15N3O4/c1-7-8(2)16-11-4-3-9(5-10(7)11)13(19)21-6-12(18)17-14(15)20/h3-5,16H,6H2,1-2H3,(H3,15,17,18,20). The number of carbonyl (C=O) groups excluding carboxylic acids is 3. The van der Waals surface area contributed by atoms with Crippen LogP contribution in [-0.4, -0.2) is 29.5 Å². The number of imide groups is 1. The molecule has 0 saturated carbocycles. The average Bonchev–Trinajstić information content (AvgIpc) is 2.70. The highest BCUT2D eigenvalue weighted by Gasteiger charge is 2.13. The number of amides is 3. The second-order valence-corrected chi connectivity index (χ2v) is 4.62. The van der Waals surface area contributed by atoms with E-state index in [1.165, 1.54) is 0 Å². The summed E-state index contributed by atoms with van der Waals surface area (Å²) in [6.45, 7) is 3.33. The number of benzene rings is 1. The first-order valence-electron chi connectivity index (χ1n) is 6.24. The number of aryl methyl sites for hydroxylation is 2. The molecule has 0 aliphatic heterocycles. The maximum absolute atomic E-state index is 11.9. The number of aromatic amines is 1. The zero-order valence-electron chi connectivity index (χ0n) is 11.6. The van der Waals surface area contributed by atoms with Crippen molar-refractivity contribution < 1.29 is 19.1 Å². The van der Waals surface area contributed by atoms with Crippen molar-refractivity contribution >= 4 is 28.8 Å². The molecule has 0 unspecified atom stereocenters. The lowest BCUT2D eigenvalue weighted by atomic mass is 10.1. The third kappa shape index (κ3) is 3.19. The summed E-state index contributed by atoms with van der Waals surface area (Å²) in [6.07, 6.45) is 0. The van der Waals surface area contributed by atoms with E-state index in [0.717, 1.165) is 22.2 Å². The third-order valence-electron chi connectivity index (χ3n) is 3.14. The van der Waals surface area contributed by atoms with E-state index < -0.39 is 24.5 Å². The summed E-state index contributed by atoms with van der Waals surface area (Å²) in [5.74, 6) is -1.42. The Morgan fingerprint density at radius 2 is 2.00 bits per heavy atom. The fourth-order valence-electron chi connectivity index (χ4n) is 1.98. The molecule has 110 valence electrons. The third-order valence-corrected chi connectivity index (χ3v) is 3.14. The SMILES string of the molecule is Cc1[nH]c2ccc(C(=O)OCC(=O)NC(N)=O)cc2c1C. The van der Waals surface area contributed by atoms with Gasteiger partial charge in [-0.3, -0.25) is 10.1 Å². The molecule has 2 rings (SSSR count). The number of nitrogens with one attached hydrogen (secondary N) is 2. The van der Waals surface area contributed by atoms with Crippen LogP contribution in [-0.2, 0) is 9.53 Å². The van der Waals surface area contributed by atoms with Gasteiger partial charge in [-0.25, -0.2) is 9.59 Å². The molecular weight excluding hydrogens is 274 g/mol. The van der Waals surface area contributed by atoms with Crippen LogP contribution < -0.4 is 11.1 Å². The van der Waals surface area contributed by atoms with Gasteiger partial charge in [0.1, 0.15) is 0 Å². The van der Waals surface area contributed by atoms with E-state index in [2.05, 4.69) is 4.98 Å². The molecule has 1 heterocycles. The Morgan fingerprint density at radius 3 is 2.67 bits per heavy atom. The largest absolute Gasteiger partial charge is 0.452 e. The van der Waals surface area contributed by atoms with Gasteiger partial charge in [0.2, 0.25) is 0 Å². The van der Waals surface area contributed by atoms with Crippen molar-refractivity contribution in [2.75, 3.05) is 6.61 Å². The van der Waals surface area contributed by atoms with E-state index in [4.69, 9.17) is 10.5 Å². The van der Waals surface area contributed by atoms with Crippen LogP contribution in [0.1, 0.15) is 21.6 Å². The highest BCUT2D eigenvalue weighted by Crippen LogP contribution is 2.22. The van der Waals surface area contributed by atoms with Gasteiger partial charge in [-0.1, -0.05) is 0 Å². The number of rotatable bonds is 3. The highest BCUT2D eigenvalue weighted by molar-refractivity contribution is 5.98. The van der Waals surface area contributed by atoms with E-state index in [9.17, 15) is 14.4 Å². The minimum Gasteiger partial charge on any atom is -0.452 e. The Labute approximate surface area is 120 Å². The van der Waals surface area contributed by atoms with E-state index >= 15 is 0 Å². The van der Waals surface area contributed by atoms with Crippen molar-refractivity contribution in [3.8, 4) is 0 Å². The predicted molar refractivity (Wildman–Crippen MR) is 75.8 cm³/mol. The molecule has 7 heteroatoms. The van der Waals surface area contributed by atoms with Crippen molar-refractivity contribution in [3.63, 3.8) is 0 Å². The monoisotopic (exact) mass is 289 g/mol. The lowest BCUT2D eigenvalue weighted by Gasteiger charge is -2.04. The van der Waals surface area contributed by atoms with E-state index in [-0.39, 0.29) is 0 Å².